The van der Waals surface area contributed by atoms with Crippen LogP contribution in [0.25, 0.3) is 0 Å². The van der Waals surface area contributed by atoms with Gasteiger partial charge in [0.05, 0.1) is 0 Å². The van der Waals surface area contributed by atoms with Gasteiger partial charge in [-0.3, -0.25) is 0 Å². The molecule has 1 saturated heterocycles. The summed E-state index contributed by atoms with van der Waals surface area (Å²) in [5, 5.41) is 3.00. The Bertz CT molecular complexity index is 565. The summed E-state index contributed by atoms with van der Waals surface area (Å²) in [6, 6.07) is 3.89. The van der Waals surface area contributed by atoms with Gasteiger partial charge < -0.3 is 15.1 Å². The highest BCUT2D eigenvalue weighted by molar-refractivity contribution is 5.74. The molecule has 2 rings (SSSR count). The molecule has 0 spiro atoms. The third-order valence-electron chi connectivity index (χ3n) is 4.42. The fourth-order valence-electron chi connectivity index (χ4n) is 3.14. The number of carbonyl (C=O) groups is 1. The topological polar surface area (TPSA) is 35.6 Å². The van der Waals surface area contributed by atoms with Gasteiger partial charge in [-0.25, -0.2) is 13.6 Å². The second-order valence-electron chi connectivity index (χ2n) is 7.00. The molecule has 134 valence electrons. The van der Waals surface area contributed by atoms with E-state index in [0.717, 1.165) is 37.7 Å². The Hall–Kier alpha value is -1.69. The van der Waals surface area contributed by atoms with Gasteiger partial charge >= 0.3 is 6.03 Å². The van der Waals surface area contributed by atoms with Crippen molar-refractivity contribution in [3.63, 3.8) is 0 Å². The smallest absolute Gasteiger partial charge is 0.317 e. The first kappa shape index (κ1) is 18.6. The summed E-state index contributed by atoms with van der Waals surface area (Å²) in [5.74, 6) is -1.13. The molecule has 1 aliphatic rings. The van der Waals surface area contributed by atoms with Gasteiger partial charge in [-0.2, -0.15) is 0 Å². The predicted molar refractivity (Wildman–Crippen MR) is 90.9 cm³/mol. The molecule has 4 nitrogen and oxygen atoms in total. The first-order chi connectivity index (χ1) is 11.3. The maximum atomic E-state index is 13.2. The van der Waals surface area contributed by atoms with Crippen molar-refractivity contribution in [1.29, 1.82) is 0 Å². The molecule has 0 saturated carbocycles. The zero-order chi connectivity index (χ0) is 17.7. The second-order valence-corrected chi connectivity index (χ2v) is 7.00. The quantitative estimate of drug-likeness (QED) is 0.865. The molecule has 2 atom stereocenters. The molecule has 1 N–H and O–H groups in total. The van der Waals surface area contributed by atoms with Crippen molar-refractivity contribution in [2.24, 2.45) is 5.92 Å². The molecule has 24 heavy (non-hydrogen) atoms. The molecule has 1 aromatic carbocycles. The van der Waals surface area contributed by atoms with Gasteiger partial charge in [0.2, 0.25) is 0 Å². The van der Waals surface area contributed by atoms with Crippen molar-refractivity contribution in [3.8, 4) is 0 Å². The Balaban J connectivity index is 1.74. The third-order valence-corrected chi connectivity index (χ3v) is 4.42. The van der Waals surface area contributed by atoms with E-state index >= 15 is 0 Å². The van der Waals surface area contributed by atoms with Crippen LogP contribution < -0.4 is 5.32 Å². The third kappa shape index (κ3) is 5.44. The number of hydrogen-bond donors (Lipinski definition) is 1. The average molecular weight is 339 g/mol. The molecule has 1 heterocycles. The lowest BCUT2D eigenvalue weighted by molar-refractivity contribution is 0.201. The number of amides is 2. The zero-order valence-electron chi connectivity index (χ0n) is 14.7. The number of nitrogens with one attached hydrogen (secondary N) is 1. The van der Waals surface area contributed by atoms with Crippen LogP contribution in [0, 0.1) is 17.6 Å². The summed E-state index contributed by atoms with van der Waals surface area (Å²) in [6.07, 6.45) is 2.32. The lowest BCUT2D eigenvalue weighted by atomic mass is 10.1. The standard InChI is InChI=1S/C18H27F2N3O/c1-13(4-5-14-6-7-16(19)17(20)10-14)21-18(24)23-9-8-15(12-23)11-22(2)3/h6-7,10,13,15H,4-5,8-9,11-12H2,1-3H3,(H,21,24). The lowest BCUT2D eigenvalue weighted by Gasteiger charge is -2.22. The van der Waals surface area contributed by atoms with Gasteiger partial charge in [-0.15, -0.1) is 0 Å². The molecule has 0 bridgehead atoms. The lowest BCUT2D eigenvalue weighted by Crippen LogP contribution is -2.43. The number of nitrogens with zero attached hydrogens (tertiary/aromatic N) is 2. The van der Waals surface area contributed by atoms with Crippen molar-refractivity contribution >= 4 is 6.03 Å². The largest absolute Gasteiger partial charge is 0.336 e. The Morgan fingerprint density at radius 1 is 1.38 bits per heavy atom. The van der Waals surface area contributed by atoms with E-state index in [2.05, 4.69) is 10.2 Å². The van der Waals surface area contributed by atoms with Gasteiger partial charge in [0, 0.05) is 25.7 Å². The van der Waals surface area contributed by atoms with Crippen LogP contribution in [-0.4, -0.2) is 55.6 Å². The highest BCUT2D eigenvalue weighted by Crippen LogP contribution is 2.17. The summed E-state index contributed by atoms with van der Waals surface area (Å²) < 4.78 is 26.1. The summed E-state index contributed by atoms with van der Waals surface area (Å²) >= 11 is 0. The fraction of sp³-hybridized carbons (Fsp3) is 0.611. The number of rotatable bonds is 6. The molecular formula is C18H27F2N3O. The van der Waals surface area contributed by atoms with E-state index in [4.69, 9.17) is 0 Å². The number of aryl methyl sites for hydroxylation is 1. The van der Waals surface area contributed by atoms with Crippen molar-refractivity contribution < 1.29 is 13.6 Å². The molecule has 1 aliphatic heterocycles. The summed E-state index contributed by atoms with van der Waals surface area (Å²) in [4.78, 5) is 16.3. The zero-order valence-corrected chi connectivity index (χ0v) is 14.7. The van der Waals surface area contributed by atoms with E-state index in [1.54, 1.807) is 6.07 Å². The number of hydrogen-bond acceptors (Lipinski definition) is 2. The highest BCUT2D eigenvalue weighted by Gasteiger charge is 2.26. The Morgan fingerprint density at radius 2 is 2.12 bits per heavy atom. The first-order valence-corrected chi connectivity index (χ1v) is 8.49. The van der Waals surface area contributed by atoms with Gasteiger partial charge in [0.25, 0.3) is 0 Å². The van der Waals surface area contributed by atoms with Crippen LogP contribution in [0.15, 0.2) is 18.2 Å². The van der Waals surface area contributed by atoms with Crippen LogP contribution >= 0.6 is 0 Å². The van der Waals surface area contributed by atoms with Gasteiger partial charge in [-0.1, -0.05) is 6.07 Å². The maximum absolute atomic E-state index is 13.2. The SMILES string of the molecule is CC(CCc1ccc(F)c(F)c1)NC(=O)N1CCC(CN(C)C)C1. The van der Waals surface area contributed by atoms with Crippen molar-refractivity contribution in [2.45, 2.75) is 32.2 Å². The molecule has 1 aromatic rings. The minimum Gasteiger partial charge on any atom is -0.336 e. The number of urea groups is 1. The van der Waals surface area contributed by atoms with Gasteiger partial charge in [0.15, 0.2) is 11.6 Å². The summed E-state index contributed by atoms with van der Waals surface area (Å²) in [7, 11) is 4.09. The molecule has 0 radical (unpaired) electrons. The molecule has 2 unspecified atom stereocenters. The highest BCUT2D eigenvalue weighted by atomic mass is 19.2. The molecule has 2 amide bonds. The number of halogens is 2. The number of benzene rings is 1. The summed E-state index contributed by atoms with van der Waals surface area (Å²) in [5.41, 5.74) is 0.738. The van der Waals surface area contributed by atoms with Crippen LogP contribution in [0.5, 0.6) is 0 Å². The first-order valence-electron chi connectivity index (χ1n) is 8.49. The fourth-order valence-corrected chi connectivity index (χ4v) is 3.14. The molecule has 6 heteroatoms. The number of carbonyl (C=O) groups excluding carboxylic acids is 1. The molecule has 0 aliphatic carbocycles. The molecule has 1 fully saturated rings. The van der Waals surface area contributed by atoms with Crippen molar-refractivity contribution in [1.82, 2.24) is 15.1 Å². The summed E-state index contributed by atoms with van der Waals surface area (Å²) in [6.45, 7) is 4.51. The van der Waals surface area contributed by atoms with Crippen LogP contribution in [-0.2, 0) is 6.42 Å². The molecular weight excluding hydrogens is 312 g/mol. The van der Waals surface area contributed by atoms with E-state index in [1.165, 1.54) is 6.07 Å². The minimum atomic E-state index is -0.832. The Kier molecular flexibility index (Phi) is 6.54. The number of likely N-dealkylation sites (tertiary alicyclic amines) is 1. The normalized spacial score (nSPS) is 18.9. The predicted octanol–water partition coefficient (Wildman–Crippen LogP) is 2.88. The van der Waals surface area contributed by atoms with E-state index in [0.29, 0.717) is 18.8 Å². The van der Waals surface area contributed by atoms with Crippen LogP contribution in [0.4, 0.5) is 13.6 Å². The Labute approximate surface area is 142 Å². The van der Waals surface area contributed by atoms with Crippen LogP contribution in [0.1, 0.15) is 25.3 Å². The van der Waals surface area contributed by atoms with E-state index in [9.17, 15) is 13.6 Å². The van der Waals surface area contributed by atoms with E-state index < -0.39 is 11.6 Å². The van der Waals surface area contributed by atoms with Crippen LogP contribution in [0.2, 0.25) is 0 Å². The van der Waals surface area contributed by atoms with Gasteiger partial charge in [-0.05, 0) is 63.9 Å². The molecule has 0 aromatic heterocycles. The Morgan fingerprint density at radius 3 is 2.79 bits per heavy atom. The van der Waals surface area contributed by atoms with Crippen molar-refractivity contribution in [3.05, 3.63) is 35.4 Å². The maximum Gasteiger partial charge on any atom is 0.317 e. The minimum absolute atomic E-state index is 0.0153. The van der Waals surface area contributed by atoms with Crippen LogP contribution in [0.3, 0.4) is 0 Å². The van der Waals surface area contributed by atoms with Crippen molar-refractivity contribution in [2.75, 3.05) is 33.7 Å². The average Bonchev–Trinajstić information content (AvgIpc) is 2.96. The monoisotopic (exact) mass is 339 g/mol. The van der Waals surface area contributed by atoms with E-state index in [-0.39, 0.29) is 12.1 Å². The van der Waals surface area contributed by atoms with Gasteiger partial charge in [0.1, 0.15) is 0 Å². The second kappa shape index (κ2) is 8.42. The van der Waals surface area contributed by atoms with E-state index in [1.807, 2.05) is 25.9 Å².